The number of hydrogen-bond acceptors (Lipinski definition) is 4. The Bertz CT molecular complexity index is 422. The molecule has 2 N–H and O–H groups in total. The van der Waals surface area contributed by atoms with Crippen LogP contribution >= 0.6 is 0 Å². The van der Waals surface area contributed by atoms with E-state index in [2.05, 4.69) is 60.7 Å². The molecule has 0 aromatic heterocycles. The Morgan fingerprint density at radius 2 is 0.650 bits per heavy atom. The van der Waals surface area contributed by atoms with E-state index in [1.165, 1.54) is 141 Å². The van der Waals surface area contributed by atoms with Crippen LogP contribution in [0.1, 0.15) is 182 Å². The van der Waals surface area contributed by atoms with Crippen LogP contribution in [0.25, 0.3) is 0 Å². The molecule has 0 saturated heterocycles. The first-order valence-corrected chi connectivity index (χ1v) is 18.2. The highest BCUT2D eigenvalue weighted by Crippen LogP contribution is 2.11. The highest BCUT2D eigenvalue weighted by atomic mass is 14.8. The fourth-order valence-electron chi connectivity index (χ4n) is 4.68. The molecule has 240 valence electrons. The highest BCUT2D eigenvalue weighted by molar-refractivity contribution is 5.57. The van der Waals surface area contributed by atoms with Gasteiger partial charge in [0.05, 0.1) is 0 Å². The lowest BCUT2D eigenvalue weighted by Gasteiger charge is -2.01. The Kier molecular flexibility index (Phi) is 44.2. The molecule has 0 radical (unpaired) electrons. The average molecular weight is 565 g/mol. The smallest absolute Gasteiger partial charge is 0.0385 e. The van der Waals surface area contributed by atoms with E-state index in [0.717, 1.165) is 52.1 Å². The van der Waals surface area contributed by atoms with Gasteiger partial charge >= 0.3 is 0 Å². The summed E-state index contributed by atoms with van der Waals surface area (Å²) in [6.07, 6.45) is 36.8. The first-order chi connectivity index (χ1) is 19.8. The van der Waals surface area contributed by atoms with Crippen LogP contribution in [0.3, 0.4) is 0 Å². The monoisotopic (exact) mass is 565 g/mol. The summed E-state index contributed by atoms with van der Waals surface area (Å²) >= 11 is 0. The lowest BCUT2D eigenvalue weighted by molar-refractivity contribution is 0.558. The van der Waals surface area contributed by atoms with Gasteiger partial charge in [0.15, 0.2) is 0 Å². The molecular weight excluding hydrogens is 488 g/mol. The van der Waals surface area contributed by atoms with Gasteiger partial charge in [0.1, 0.15) is 0 Å². The average Bonchev–Trinajstić information content (AvgIpc) is 2.97. The molecule has 0 rings (SSSR count). The minimum absolute atomic E-state index is 1.03. The van der Waals surface area contributed by atoms with Crippen molar-refractivity contribution in [2.75, 3.05) is 39.3 Å². The topological polar surface area (TPSA) is 48.8 Å². The minimum atomic E-state index is 1.03. The van der Waals surface area contributed by atoms with Crippen molar-refractivity contribution in [1.29, 1.82) is 0 Å². The van der Waals surface area contributed by atoms with E-state index in [9.17, 15) is 0 Å². The van der Waals surface area contributed by atoms with E-state index < -0.39 is 0 Å². The Hall–Kier alpha value is -0.740. The molecule has 0 spiro atoms. The zero-order valence-electron chi connectivity index (χ0n) is 28.3. The summed E-state index contributed by atoms with van der Waals surface area (Å²) in [7, 11) is 0. The molecule has 4 heteroatoms. The first-order valence-electron chi connectivity index (χ1n) is 18.2. The zero-order valence-corrected chi connectivity index (χ0v) is 28.3. The van der Waals surface area contributed by atoms with Crippen LogP contribution in [-0.2, 0) is 0 Å². The largest absolute Gasteiger partial charge is 0.316 e. The van der Waals surface area contributed by atoms with Crippen molar-refractivity contribution in [3.8, 4) is 0 Å². The molecule has 0 amide bonds. The van der Waals surface area contributed by atoms with Gasteiger partial charge in [-0.15, -0.1) is 0 Å². The maximum atomic E-state index is 4.47. The lowest BCUT2D eigenvalue weighted by Crippen LogP contribution is -2.16. The lowest BCUT2D eigenvalue weighted by atomic mass is 10.1. The van der Waals surface area contributed by atoms with Gasteiger partial charge in [-0.3, -0.25) is 9.98 Å². The molecule has 4 nitrogen and oxygen atoms in total. The molecule has 0 aliphatic heterocycles. The second kappa shape index (κ2) is 42.7. The van der Waals surface area contributed by atoms with Gasteiger partial charge in [-0.2, -0.15) is 0 Å². The van der Waals surface area contributed by atoms with E-state index in [0.29, 0.717) is 0 Å². The fourth-order valence-corrected chi connectivity index (χ4v) is 4.68. The summed E-state index contributed by atoms with van der Waals surface area (Å²) in [4.78, 5) is 8.94. The molecule has 0 aromatic carbocycles. The third-order valence-electron chi connectivity index (χ3n) is 7.29. The molecule has 0 atom stereocenters. The first kappa shape index (κ1) is 41.4. The molecule has 0 heterocycles. The van der Waals surface area contributed by atoms with Gasteiger partial charge in [-0.25, -0.2) is 0 Å². The Balaban J connectivity index is 0. The molecule has 0 fully saturated rings. The predicted octanol–water partition coefficient (Wildman–Crippen LogP) is 10.7. The SMILES string of the molecule is CCCCCCCCCCCCN=CCCNCCC.CCCCCCCCCCCCN=CCCNCCC. The van der Waals surface area contributed by atoms with Gasteiger partial charge in [0.25, 0.3) is 0 Å². The third-order valence-corrected chi connectivity index (χ3v) is 7.29. The molecule has 0 unspecified atom stereocenters. The number of aliphatic imine (C=N–C) groups is 2. The van der Waals surface area contributed by atoms with Crippen molar-refractivity contribution >= 4 is 12.4 Å². The van der Waals surface area contributed by atoms with Crippen LogP contribution in [0.5, 0.6) is 0 Å². The molecule has 0 saturated carbocycles. The van der Waals surface area contributed by atoms with Gasteiger partial charge < -0.3 is 10.6 Å². The van der Waals surface area contributed by atoms with Gasteiger partial charge in [0, 0.05) is 26.2 Å². The Labute approximate surface area is 253 Å². The van der Waals surface area contributed by atoms with Crippen molar-refractivity contribution in [2.45, 2.75) is 182 Å². The van der Waals surface area contributed by atoms with Crippen LogP contribution in [-0.4, -0.2) is 51.7 Å². The van der Waals surface area contributed by atoms with E-state index in [-0.39, 0.29) is 0 Å². The Morgan fingerprint density at radius 3 is 0.950 bits per heavy atom. The Morgan fingerprint density at radius 1 is 0.350 bits per heavy atom. The van der Waals surface area contributed by atoms with Gasteiger partial charge in [-0.05, 0) is 64.0 Å². The van der Waals surface area contributed by atoms with Crippen LogP contribution in [0.2, 0.25) is 0 Å². The molecule has 0 aliphatic carbocycles. The fraction of sp³-hybridized carbons (Fsp3) is 0.944. The normalized spacial score (nSPS) is 11.5. The van der Waals surface area contributed by atoms with Crippen molar-refractivity contribution in [3.05, 3.63) is 0 Å². The van der Waals surface area contributed by atoms with Gasteiger partial charge in [0.2, 0.25) is 0 Å². The minimum Gasteiger partial charge on any atom is -0.316 e. The van der Waals surface area contributed by atoms with Crippen LogP contribution < -0.4 is 10.6 Å². The number of unbranched alkanes of at least 4 members (excludes halogenated alkanes) is 18. The van der Waals surface area contributed by atoms with E-state index >= 15 is 0 Å². The molecule has 0 bridgehead atoms. The van der Waals surface area contributed by atoms with E-state index in [4.69, 9.17) is 0 Å². The molecule has 40 heavy (non-hydrogen) atoms. The standard InChI is InChI=1S/2C18H38N2/c2*1-3-5-6-7-8-9-10-11-12-13-16-20-18-14-17-19-15-4-2/h2*18-19H,3-17H2,1-2H3. The predicted molar refractivity (Wildman–Crippen MR) is 186 cm³/mol. The van der Waals surface area contributed by atoms with Gasteiger partial charge in [-0.1, -0.05) is 143 Å². The maximum Gasteiger partial charge on any atom is 0.0385 e. The highest BCUT2D eigenvalue weighted by Gasteiger charge is 1.93. The second-order valence-corrected chi connectivity index (χ2v) is 11.6. The summed E-state index contributed by atoms with van der Waals surface area (Å²) in [5, 5.41) is 6.77. The van der Waals surface area contributed by atoms with Crippen LogP contribution in [0.15, 0.2) is 9.98 Å². The molecular formula is C36H76N4. The number of nitrogens with zero attached hydrogens (tertiary/aromatic N) is 2. The third kappa shape index (κ3) is 44.3. The second-order valence-electron chi connectivity index (χ2n) is 11.6. The molecule has 0 aliphatic rings. The van der Waals surface area contributed by atoms with Crippen LogP contribution in [0.4, 0.5) is 0 Å². The van der Waals surface area contributed by atoms with E-state index in [1.54, 1.807) is 0 Å². The zero-order chi connectivity index (χ0) is 29.5. The van der Waals surface area contributed by atoms with Crippen molar-refractivity contribution in [3.63, 3.8) is 0 Å². The summed E-state index contributed by atoms with van der Waals surface area (Å²) in [6.45, 7) is 15.4. The van der Waals surface area contributed by atoms with Crippen molar-refractivity contribution in [2.24, 2.45) is 9.98 Å². The maximum absolute atomic E-state index is 4.47. The van der Waals surface area contributed by atoms with Crippen molar-refractivity contribution in [1.82, 2.24) is 10.6 Å². The number of hydrogen-bond donors (Lipinski definition) is 2. The van der Waals surface area contributed by atoms with Crippen molar-refractivity contribution < 1.29 is 0 Å². The summed E-state index contributed by atoms with van der Waals surface area (Å²) < 4.78 is 0. The summed E-state index contributed by atoms with van der Waals surface area (Å²) in [6, 6.07) is 0. The summed E-state index contributed by atoms with van der Waals surface area (Å²) in [5.74, 6) is 0. The number of nitrogens with one attached hydrogen (secondary N) is 2. The summed E-state index contributed by atoms with van der Waals surface area (Å²) in [5.41, 5.74) is 0. The molecule has 0 aromatic rings. The quantitative estimate of drug-likeness (QED) is 0.0630. The van der Waals surface area contributed by atoms with Crippen LogP contribution in [0, 0.1) is 0 Å². The number of rotatable bonds is 32. The van der Waals surface area contributed by atoms with E-state index in [1.807, 2.05) is 0 Å².